The Morgan fingerprint density at radius 2 is 1.64 bits per heavy atom. The number of allylic oxidation sites excluding steroid dienone is 1. The van der Waals surface area contributed by atoms with Gasteiger partial charge in [-0.1, -0.05) is 30.0 Å². The van der Waals surface area contributed by atoms with Crippen molar-refractivity contribution in [1.82, 2.24) is 4.90 Å². The molecule has 0 unspecified atom stereocenters. The predicted molar refractivity (Wildman–Crippen MR) is 82.4 cm³/mol. The SMILES string of the molecule is CN(C)/C=C(/C=C(\Sc1ccccc1)C(=O)O)C(=O)C(=O)O. The highest BCUT2D eigenvalue weighted by molar-refractivity contribution is 8.04. The minimum absolute atomic E-state index is 0.145. The highest BCUT2D eigenvalue weighted by Crippen LogP contribution is 2.27. The Bertz CT molecular complexity index is 635. The molecular weight excluding hydrogens is 306 g/mol. The average Bonchev–Trinajstić information content (AvgIpc) is 2.45. The van der Waals surface area contributed by atoms with Gasteiger partial charge in [-0.3, -0.25) is 4.79 Å². The summed E-state index contributed by atoms with van der Waals surface area (Å²) in [5.74, 6) is -4.04. The Labute approximate surface area is 131 Å². The van der Waals surface area contributed by atoms with Crippen molar-refractivity contribution < 1.29 is 24.6 Å². The van der Waals surface area contributed by atoms with Crippen molar-refractivity contribution in [3.05, 3.63) is 53.1 Å². The van der Waals surface area contributed by atoms with Gasteiger partial charge in [-0.15, -0.1) is 0 Å². The first kappa shape index (κ1) is 17.5. The fraction of sp³-hybridized carbons (Fsp3) is 0.133. The van der Waals surface area contributed by atoms with Crippen LogP contribution in [0.1, 0.15) is 0 Å². The van der Waals surface area contributed by atoms with Crippen molar-refractivity contribution in [3.8, 4) is 0 Å². The van der Waals surface area contributed by atoms with E-state index in [1.165, 1.54) is 11.1 Å². The first-order chi connectivity index (χ1) is 10.3. The molecule has 0 aliphatic rings. The molecule has 116 valence electrons. The second kappa shape index (κ2) is 8.04. The maximum atomic E-state index is 11.6. The van der Waals surface area contributed by atoms with Gasteiger partial charge < -0.3 is 15.1 Å². The van der Waals surface area contributed by atoms with Gasteiger partial charge in [0.05, 0.1) is 4.91 Å². The molecule has 0 heterocycles. The zero-order valence-electron chi connectivity index (χ0n) is 12.0. The lowest BCUT2D eigenvalue weighted by atomic mass is 10.1. The summed E-state index contributed by atoms with van der Waals surface area (Å²) in [7, 11) is 3.21. The molecule has 0 radical (unpaired) electrons. The molecule has 0 spiro atoms. The van der Waals surface area contributed by atoms with E-state index in [1.807, 2.05) is 0 Å². The third-order valence-corrected chi connectivity index (χ3v) is 3.34. The number of rotatable bonds is 7. The summed E-state index contributed by atoms with van der Waals surface area (Å²) >= 11 is 0.938. The number of hydrogen-bond acceptors (Lipinski definition) is 5. The standard InChI is InChI=1S/C15H15NO5S/c1-16(2)9-10(13(17)15(20)21)8-12(14(18)19)22-11-6-4-3-5-7-11/h3-9H,1-2H3,(H,18,19)(H,20,21)/b10-9-,12-8-. The van der Waals surface area contributed by atoms with Crippen LogP contribution in [0.2, 0.25) is 0 Å². The first-order valence-electron chi connectivity index (χ1n) is 6.15. The maximum absolute atomic E-state index is 11.6. The molecule has 0 saturated heterocycles. The van der Waals surface area contributed by atoms with Crippen molar-refractivity contribution in [2.24, 2.45) is 0 Å². The number of aliphatic carboxylic acids is 2. The number of Topliss-reactive ketones (excluding diaryl/α,β-unsaturated/α-hetero) is 1. The third-order valence-electron chi connectivity index (χ3n) is 2.32. The van der Waals surface area contributed by atoms with Gasteiger partial charge in [-0.25, -0.2) is 9.59 Å². The molecule has 0 fully saturated rings. The van der Waals surface area contributed by atoms with Crippen LogP contribution in [0.4, 0.5) is 0 Å². The maximum Gasteiger partial charge on any atom is 0.377 e. The summed E-state index contributed by atoms with van der Waals surface area (Å²) in [4.78, 5) is 35.8. The summed E-state index contributed by atoms with van der Waals surface area (Å²) in [6.45, 7) is 0. The highest BCUT2D eigenvalue weighted by Gasteiger charge is 2.19. The van der Waals surface area contributed by atoms with Crippen LogP contribution in [0.5, 0.6) is 0 Å². The molecule has 0 atom stereocenters. The van der Waals surface area contributed by atoms with E-state index in [9.17, 15) is 19.5 Å². The second-order valence-corrected chi connectivity index (χ2v) is 5.53. The smallest absolute Gasteiger partial charge is 0.377 e. The number of benzene rings is 1. The van der Waals surface area contributed by atoms with Crippen molar-refractivity contribution in [1.29, 1.82) is 0 Å². The number of carbonyl (C=O) groups is 3. The molecule has 0 bridgehead atoms. The van der Waals surface area contributed by atoms with Gasteiger partial charge in [0.2, 0.25) is 0 Å². The minimum Gasteiger partial charge on any atom is -0.477 e. The Balaban J connectivity index is 3.20. The van der Waals surface area contributed by atoms with Crippen molar-refractivity contribution >= 4 is 29.5 Å². The normalized spacial score (nSPS) is 11.9. The number of thioether (sulfide) groups is 1. The summed E-state index contributed by atoms with van der Waals surface area (Å²) in [5, 5.41) is 18.1. The molecule has 0 saturated carbocycles. The van der Waals surface area contributed by atoms with Gasteiger partial charge in [0.25, 0.3) is 5.78 Å². The average molecular weight is 321 g/mol. The van der Waals surface area contributed by atoms with Crippen LogP contribution in [0.3, 0.4) is 0 Å². The van der Waals surface area contributed by atoms with Gasteiger partial charge in [0.15, 0.2) is 0 Å². The summed E-state index contributed by atoms with van der Waals surface area (Å²) < 4.78 is 0. The quantitative estimate of drug-likeness (QED) is 0.342. The van der Waals surface area contributed by atoms with Crippen LogP contribution < -0.4 is 0 Å². The molecule has 0 aromatic heterocycles. The molecule has 1 aromatic rings. The molecule has 6 nitrogen and oxygen atoms in total. The Hall–Kier alpha value is -2.54. The lowest BCUT2D eigenvalue weighted by Crippen LogP contribution is -2.17. The van der Waals surface area contributed by atoms with E-state index >= 15 is 0 Å². The number of nitrogens with zero attached hydrogens (tertiary/aromatic N) is 1. The van der Waals surface area contributed by atoms with E-state index in [-0.39, 0.29) is 10.5 Å². The monoisotopic (exact) mass is 321 g/mol. The molecule has 0 amide bonds. The van der Waals surface area contributed by atoms with Crippen molar-refractivity contribution in [2.75, 3.05) is 14.1 Å². The third kappa shape index (κ3) is 5.45. The van der Waals surface area contributed by atoms with Gasteiger partial charge in [0.1, 0.15) is 0 Å². The number of hydrogen-bond donors (Lipinski definition) is 2. The van der Waals surface area contributed by atoms with Crippen LogP contribution in [-0.2, 0) is 14.4 Å². The topological polar surface area (TPSA) is 94.9 Å². The number of ketones is 1. The molecule has 2 N–H and O–H groups in total. The molecule has 1 aromatic carbocycles. The van der Waals surface area contributed by atoms with Gasteiger partial charge in [-0.05, 0) is 18.2 Å². The number of carboxylic acids is 2. The van der Waals surface area contributed by atoms with Gasteiger partial charge in [-0.2, -0.15) is 0 Å². The summed E-state index contributed by atoms with van der Waals surface area (Å²) in [6.07, 6.45) is 2.33. The molecule has 22 heavy (non-hydrogen) atoms. The summed E-state index contributed by atoms with van der Waals surface area (Å²) in [5.41, 5.74) is -0.210. The Morgan fingerprint density at radius 1 is 1.05 bits per heavy atom. The van der Waals surface area contributed by atoms with E-state index in [2.05, 4.69) is 0 Å². The fourth-order valence-corrected chi connectivity index (χ4v) is 2.28. The van der Waals surface area contributed by atoms with Crippen LogP contribution >= 0.6 is 11.8 Å². The Kier molecular flexibility index (Phi) is 6.40. The van der Waals surface area contributed by atoms with Crippen molar-refractivity contribution in [2.45, 2.75) is 4.90 Å². The lowest BCUT2D eigenvalue weighted by molar-refractivity contribution is -0.147. The van der Waals surface area contributed by atoms with Crippen LogP contribution in [0, 0.1) is 0 Å². The molecule has 0 aliphatic heterocycles. The molecular formula is C15H15NO5S. The summed E-state index contributed by atoms with van der Waals surface area (Å²) in [6, 6.07) is 8.73. The van der Waals surface area contributed by atoms with E-state index in [0.717, 1.165) is 17.8 Å². The molecule has 0 aliphatic carbocycles. The molecule has 1 rings (SSSR count). The fourth-order valence-electron chi connectivity index (χ4n) is 1.45. The lowest BCUT2D eigenvalue weighted by Gasteiger charge is -2.08. The highest BCUT2D eigenvalue weighted by atomic mass is 32.2. The van der Waals surface area contributed by atoms with Crippen LogP contribution in [0.25, 0.3) is 0 Å². The second-order valence-electron chi connectivity index (χ2n) is 4.41. The first-order valence-corrected chi connectivity index (χ1v) is 6.96. The van der Waals surface area contributed by atoms with Crippen molar-refractivity contribution in [3.63, 3.8) is 0 Å². The largest absolute Gasteiger partial charge is 0.477 e. The van der Waals surface area contributed by atoms with E-state index in [0.29, 0.717) is 4.90 Å². The van der Waals surface area contributed by atoms with E-state index < -0.39 is 17.7 Å². The Morgan fingerprint density at radius 3 is 2.09 bits per heavy atom. The van der Waals surface area contributed by atoms with Gasteiger partial charge in [0, 0.05) is 30.8 Å². The minimum atomic E-state index is -1.64. The number of carbonyl (C=O) groups excluding carboxylic acids is 1. The van der Waals surface area contributed by atoms with E-state index in [1.54, 1.807) is 44.4 Å². The van der Waals surface area contributed by atoms with Gasteiger partial charge >= 0.3 is 11.9 Å². The predicted octanol–water partition coefficient (Wildman–Crippen LogP) is 1.85. The zero-order chi connectivity index (χ0) is 16.7. The zero-order valence-corrected chi connectivity index (χ0v) is 12.8. The molecule has 7 heteroatoms. The van der Waals surface area contributed by atoms with E-state index in [4.69, 9.17) is 5.11 Å². The number of carboxylic acid groups (broad SMARTS) is 2. The van der Waals surface area contributed by atoms with Crippen LogP contribution in [-0.4, -0.2) is 46.9 Å². The van der Waals surface area contributed by atoms with Crippen LogP contribution in [0.15, 0.2) is 58.0 Å².